The third-order valence-corrected chi connectivity index (χ3v) is 5.14. The van der Waals surface area contributed by atoms with E-state index in [-0.39, 0.29) is 12.4 Å². The monoisotopic (exact) mass is 239 g/mol. The number of aliphatic hydroxyl groups is 1. The van der Waals surface area contributed by atoms with Crippen molar-refractivity contribution in [1.82, 2.24) is 4.31 Å². The van der Waals surface area contributed by atoms with E-state index in [0.29, 0.717) is 23.6 Å². The van der Waals surface area contributed by atoms with Crippen LogP contribution in [-0.2, 0) is 10.0 Å². The standard InChI is InChI=1S/C8H17NO3S2/c1-7-5-9(6-8(2)13-7)14(11,12)4-3-10/h7-8,10H,3-6H2,1-2H3. The predicted octanol–water partition coefficient (Wildman–Crippen LogP) is 0.134. The van der Waals surface area contributed by atoms with Crippen molar-refractivity contribution in [3.05, 3.63) is 0 Å². The van der Waals surface area contributed by atoms with Crippen molar-refractivity contribution < 1.29 is 13.5 Å². The SMILES string of the molecule is CC1CN(S(=O)(=O)CCO)CC(C)S1. The van der Waals surface area contributed by atoms with Crippen molar-refractivity contribution in [2.75, 3.05) is 25.4 Å². The lowest BCUT2D eigenvalue weighted by molar-refractivity contribution is 0.313. The van der Waals surface area contributed by atoms with Crippen LogP contribution in [0.5, 0.6) is 0 Å². The van der Waals surface area contributed by atoms with Gasteiger partial charge in [0.15, 0.2) is 0 Å². The average molecular weight is 239 g/mol. The van der Waals surface area contributed by atoms with Gasteiger partial charge in [-0.2, -0.15) is 16.1 Å². The van der Waals surface area contributed by atoms with E-state index < -0.39 is 10.0 Å². The molecule has 0 radical (unpaired) electrons. The molecule has 1 aliphatic rings. The maximum absolute atomic E-state index is 11.6. The number of hydrogen-bond donors (Lipinski definition) is 1. The van der Waals surface area contributed by atoms with Gasteiger partial charge < -0.3 is 5.11 Å². The van der Waals surface area contributed by atoms with Crippen LogP contribution in [0.4, 0.5) is 0 Å². The van der Waals surface area contributed by atoms with Crippen molar-refractivity contribution in [2.24, 2.45) is 0 Å². The Labute approximate surface area is 89.7 Å². The molecule has 2 atom stereocenters. The molecule has 6 heteroatoms. The molecule has 0 aromatic carbocycles. The molecule has 0 aromatic rings. The summed E-state index contributed by atoms with van der Waals surface area (Å²) in [7, 11) is -3.23. The van der Waals surface area contributed by atoms with E-state index >= 15 is 0 Å². The number of rotatable bonds is 3. The maximum Gasteiger partial charge on any atom is 0.216 e. The Hall–Kier alpha value is 0.220. The van der Waals surface area contributed by atoms with Gasteiger partial charge in [0, 0.05) is 23.6 Å². The van der Waals surface area contributed by atoms with E-state index in [1.807, 2.05) is 25.6 Å². The zero-order chi connectivity index (χ0) is 10.8. The predicted molar refractivity (Wildman–Crippen MR) is 59.0 cm³/mol. The fraction of sp³-hybridized carbons (Fsp3) is 1.00. The Morgan fingerprint density at radius 1 is 1.36 bits per heavy atom. The van der Waals surface area contributed by atoms with Crippen LogP contribution in [0.25, 0.3) is 0 Å². The summed E-state index contributed by atoms with van der Waals surface area (Å²) in [6.07, 6.45) is 0. The van der Waals surface area contributed by atoms with Crippen LogP contribution in [0.3, 0.4) is 0 Å². The quantitative estimate of drug-likeness (QED) is 0.761. The van der Waals surface area contributed by atoms with Crippen molar-refractivity contribution in [3.63, 3.8) is 0 Å². The summed E-state index contributed by atoms with van der Waals surface area (Å²) in [6, 6.07) is 0. The molecule has 84 valence electrons. The highest BCUT2D eigenvalue weighted by atomic mass is 32.2. The van der Waals surface area contributed by atoms with Gasteiger partial charge in [-0.15, -0.1) is 0 Å². The van der Waals surface area contributed by atoms with Gasteiger partial charge in [-0.05, 0) is 0 Å². The second-order valence-corrected chi connectivity index (χ2v) is 7.58. The molecule has 1 aliphatic heterocycles. The first kappa shape index (κ1) is 12.3. The topological polar surface area (TPSA) is 57.6 Å². The molecule has 0 bridgehead atoms. The Morgan fingerprint density at radius 2 is 1.86 bits per heavy atom. The molecule has 0 amide bonds. The third kappa shape index (κ3) is 3.12. The van der Waals surface area contributed by atoms with E-state index in [1.165, 1.54) is 4.31 Å². The highest BCUT2D eigenvalue weighted by molar-refractivity contribution is 8.00. The van der Waals surface area contributed by atoms with Gasteiger partial charge in [-0.1, -0.05) is 13.8 Å². The van der Waals surface area contributed by atoms with Crippen molar-refractivity contribution >= 4 is 21.8 Å². The molecule has 14 heavy (non-hydrogen) atoms. The summed E-state index contributed by atoms with van der Waals surface area (Å²) in [4.78, 5) is 0. The Balaban J connectivity index is 2.68. The van der Waals surface area contributed by atoms with Gasteiger partial charge in [0.2, 0.25) is 10.0 Å². The fourth-order valence-electron chi connectivity index (χ4n) is 1.60. The summed E-state index contributed by atoms with van der Waals surface area (Å²) in [5.41, 5.74) is 0. The average Bonchev–Trinajstić information content (AvgIpc) is 2.02. The van der Waals surface area contributed by atoms with E-state index in [2.05, 4.69) is 0 Å². The molecular weight excluding hydrogens is 222 g/mol. The number of thioether (sulfide) groups is 1. The van der Waals surface area contributed by atoms with Gasteiger partial charge in [0.05, 0.1) is 12.4 Å². The summed E-state index contributed by atoms with van der Waals surface area (Å²) in [5.74, 6) is -0.156. The smallest absolute Gasteiger partial charge is 0.216 e. The minimum absolute atomic E-state index is 0.156. The largest absolute Gasteiger partial charge is 0.395 e. The minimum atomic E-state index is -3.23. The summed E-state index contributed by atoms with van der Waals surface area (Å²) >= 11 is 1.81. The molecule has 1 saturated heterocycles. The van der Waals surface area contributed by atoms with Crippen LogP contribution in [0.2, 0.25) is 0 Å². The molecule has 1 rings (SSSR count). The van der Waals surface area contributed by atoms with E-state index in [4.69, 9.17) is 5.11 Å². The Kier molecular flexibility index (Phi) is 4.24. The maximum atomic E-state index is 11.6. The lowest BCUT2D eigenvalue weighted by Crippen LogP contribution is -2.45. The summed E-state index contributed by atoms with van der Waals surface area (Å²) < 4.78 is 24.8. The summed E-state index contributed by atoms with van der Waals surface area (Å²) in [6.45, 7) is 4.90. The number of nitrogens with zero attached hydrogens (tertiary/aromatic N) is 1. The molecule has 1 fully saturated rings. The molecule has 1 heterocycles. The number of aliphatic hydroxyl groups excluding tert-OH is 1. The van der Waals surface area contributed by atoms with Crippen LogP contribution in [0.1, 0.15) is 13.8 Å². The van der Waals surface area contributed by atoms with Crippen LogP contribution in [-0.4, -0.2) is 53.8 Å². The third-order valence-electron chi connectivity index (χ3n) is 2.13. The van der Waals surface area contributed by atoms with Crippen LogP contribution < -0.4 is 0 Å². The van der Waals surface area contributed by atoms with E-state index in [0.717, 1.165) is 0 Å². The van der Waals surface area contributed by atoms with E-state index in [1.54, 1.807) is 0 Å². The first-order valence-corrected chi connectivity index (χ1v) is 7.25. The highest BCUT2D eigenvalue weighted by Gasteiger charge is 2.30. The van der Waals surface area contributed by atoms with Crippen LogP contribution in [0, 0.1) is 0 Å². The molecule has 1 N–H and O–H groups in total. The zero-order valence-electron chi connectivity index (χ0n) is 8.51. The second kappa shape index (κ2) is 4.83. The molecule has 0 aliphatic carbocycles. The molecule has 0 aromatic heterocycles. The van der Waals surface area contributed by atoms with Crippen LogP contribution >= 0.6 is 11.8 Å². The van der Waals surface area contributed by atoms with Crippen molar-refractivity contribution in [2.45, 2.75) is 24.3 Å². The van der Waals surface area contributed by atoms with Gasteiger partial charge in [0.1, 0.15) is 0 Å². The Morgan fingerprint density at radius 3 is 2.29 bits per heavy atom. The molecule has 0 saturated carbocycles. The highest BCUT2D eigenvalue weighted by Crippen LogP contribution is 2.26. The van der Waals surface area contributed by atoms with Crippen LogP contribution in [0.15, 0.2) is 0 Å². The molecule has 4 nitrogen and oxygen atoms in total. The number of hydrogen-bond acceptors (Lipinski definition) is 4. The number of sulfonamides is 1. The Bertz CT molecular complexity index is 268. The van der Waals surface area contributed by atoms with Gasteiger partial charge in [-0.3, -0.25) is 0 Å². The zero-order valence-corrected chi connectivity index (χ0v) is 10.1. The molecular formula is C8H17NO3S2. The van der Waals surface area contributed by atoms with Crippen molar-refractivity contribution in [3.8, 4) is 0 Å². The second-order valence-electron chi connectivity index (χ2n) is 3.61. The lowest BCUT2D eigenvalue weighted by atomic mass is 10.4. The minimum Gasteiger partial charge on any atom is -0.395 e. The first-order valence-electron chi connectivity index (χ1n) is 4.70. The van der Waals surface area contributed by atoms with Gasteiger partial charge in [0.25, 0.3) is 0 Å². The van der Waals surface area contributed by atoms with Gasteiger partial charge >= 0.3 is 0 Å². The summed E-state index contributed by atoms with van der Waals surface area (Å²) in [5, 5.41) is 9.33. The lowest BCUT2D eigenvalue weighted by Gasteiger charge is -2.33. The fourth-order valence-corrected chi connectivity index (χ4v) is 4.51. The molecule has 2 unspecified atom stereocenters. The van der Waals surface area contributed by atoms with Crippen molar-refractivity contribution in [1.29, 1.82) is 0 Å². The first-order chi connectivity index (χ1) is 6.45. The van der Waals surface area contributed by atoms with E-state index in [9.17, 15) is 8.42 Å². The van der Waals surface area contributed by atoms with Gasteiger partial charge in [-0.25, -0.2) is 8.42 Å². The molecule has 0 spiro atoms. The normalized spacial score (nSPS) is 30.5.